The summed E-state index contributed by atoms with van der Waals surface area (Å²) in [7, 11) is -4.53. The van der Waals surface area contributed by atoms with Crippen LogP contribution in [-0.2, 0) is 27.9 Å². The van der Waals surface area contributed by atoms with Crippen LogP contribution < -0.4 is 0 Å². The van der Waals surface area contributed by atoms with Crippen molar-refractivity contribution in [3.8, 4) is 0 Å². The van der Waals surface area contributed by atoms with Crippen molar-refractivity contribution in [3.63, 3.8) is 0 Å². The van der Waals surface area contributed by atoms with Crippen LogP contribution in [0, 0.1) is 0 Å². The Kier molecular flexibility index (Phi) is 38.5. The maximum Gasteiger partial charge on any atom is 0.472 e. The van der Waals surface area contributed by atoms with Crippen molar-refractivity contribution >= 4 is 13.8 Å². The molecule has 0 saturated carbocycles. The van der Waals surface area contributed by atoms with Gasteiger partial charge in [-0.2, -0.15) is 0 Å². The van der Waals surface area contributed by atoms with E-state index in [0.29, 0.717) is 13.0 Å². The SMILES string of the molecule is CC/C=C\C/C=C\C/C=C\C/C=C\CCCCCOCC(COP(=O)(O)OCC(O)CO)OC(=O)CCCCCCC/C=C\CCCCCCCCC. The number of allylic oxidation sites excluding steroid dienone is 10. The minimum atomic E-state index is -4.53. The Morgan fingerprint density at radius 1 is 0.604 bits per heavy atom. The number of hydrogen-bond donors (Lipinski definition) is 3. The summed E-state index contributed by atoms with van der Waals surface area (Å²) in [5.74, 6) is -0.405. The second kappa shape index (κ2) is 39.8. The number of aliphatic hydroxyl groups excluding tert-OH is 2. The van der Waals surface area contributed by atoms with Crippen LogP contribution in [0.25, 0.3) is 0 Å². The molecule has 3 unspecified atom stereocenters. The fraction of sp³-hybridized carbons (Fsp3) is 0.744. The van der Waals surface area contributed by atoms with Gasteiger partial charge < -0.3 is 24.6 Å². The molecule has 0 heterocycles. The van der Waals surface area contributed by atoms with Gasteiger partial charge in [0, 0.05) is 13.0 Å². The molecule has 0 aliphatic rings. The number of hydrogen-bond acceptors (Lipinski definition) is 8. The molecule has 0 aliphatic heterocycles. The number of carbonyl (C=O) groups is 1. The van der Waals surface area contributed by atoms with Gasteiger partial charge in [0.05, 0.1) is 26.4 Å². The number of rotatable bonds is 39. The number of ether oxygens (including phenoxy) is 2. The van der Waals surface area contributed by atoms with Crippen LogP contribution in [0.3, 0.4) is 0 Å². The van der Waals surface area contributed by atoms with E-state index < -0.39 is 45.8 Å². The molecule has 0 aromatic rings. The third kappa shape index (κ3) is 39.7. The molecule has 0 saturated heterocycles. The molecule has 3 N–H and O–H groups in total. The van der Waals surface area contributed by atoms with Crippen LogP contribution in [0.2, 0.25) is 0 Å². The van der Waals surface area contributed by atoms with E-state index in [1.807, 2.05) is 0 Å². The van der Waals surface area contributed by atoms with Crippen molar-refractivity contribution in [2.75, 3.05) is 33.0 Å². The average Bonchev–Trinajstić information content (AvgIpc) is 3.15. The smallest absolute Gasteiger partial charge is 0.457 e. The maximum absolute atomic E-state index is 12.6. The number of esters is 1. The first kappa shape index (κ1) is 51.2. The van der Waals surface area contributed by atoms with Gasteiger partial charge in [-0.15, -0.1) is 0 Å². The molecule has 308 valence electrons. The summed E-state index contributed by atoms with van der Waals surface area (Å²) in [5, 5.41) is 18.3. The third-order valence-electron chi connectivity index (χ3n) is 8.44. The van der Waals surface area contributed by atoms with Crippen LogP contribution in [0.1, 0.15) is 162 Å². The van der Waals surface area contributed by atoms with Crippen molar-refractivity contribution in [1.29, 1.82) is 0 Å². The van der Waals surface area contributed by atoms with Gasteiger partial charge in [-0.3, -0.25) is 13.8 Å². The average molecular weight is 769 g/mol. The lowest BCUT2D eigenvalue weighted by Crippen LogP contribution is -2.29. The lowest BCUT2D eigenvalue weighted by Gasteiger charge is -2.20. The van der Waals surface area contributed by atoms with E-state index in [0.717, 1.165) is 83.5 Å². The maximum atomic E-state index is 12.6. The Balaban J connectivity index is 4.28. The molecule has 0 rings (SSSR count). The van der Waals surface area contributed by atoms with Crippen LogP contribution in [0.4, 0.5) is 0 Å². The summed E-state index contributed by atoms with van der Waals surface area (Å²) < 4.78 is 33.3. The molecule has 53 heavy (non-hydrogen) atoms. The first-order chi connectivity index (χ1) is 25.8. The van der Waals surface area contributed by atoms with E-state index in [-0.39, 0.29) is 13.0 Å². The minimum Gasteiger partial charge on any atom is -0.457 e. The second-order valence-corrected chi connectivity index (χ2v) is 15.1. The van der Waals surface area contributed by atoms with Crippen LogP contribution in [0.15, 0.2) is 60.8 Å². The van der Waals surface area contributed by atoms with Gasteiger partial charge in [0.15, 0.2) is 0 Å². The largest absolute Gasteiger partial charge is 0.472 e. The third-order valence-corrected chi connectivity index (χ3v) is 9.39. The Hall–Kier alpha value is -1.84. The zero-order valence-corrected chi connectivity index (χ0v) is 34.4. The molecule has 0 aliphatic carbocycles. The molecule has 0 radical (unpaired) electrons. The lowest BCUT2D eigenvalue weighted by atomic mass is 10.1. The van der Waals surface area contributed by atoms with E-state index in [4.69, 9.17) is 23.6 Å². The lowest BCUT2D eigenvalue weighted by molar-refractivity contribution is -0.154. The number of phosphoric acid groups is 1. The Bertz CT molecular complexity index is 1010. The fourth-order valence-electron chi connectivity index (χ4n) is 5.28. The molecule has 9 nitrogen and oxygen atoms in total. The van der Waals surface area contributed by atoms with Gasteiger partial charge in [-0.05, 0) is 77.0 Å². The van der Waals surface area contributed by atoms with Gasteiger partial charge in [-0.25, -0.2) is 4.57 Å². The van der Waals surface area contributed by atoms with Crippen LogP contribution in [-0.4, -0.2) is 66.3 Å². The number of aliphatic hydroxyl groups is 2. The summed E-state index contributed by atoms with van der Waals surface area (Å²) >= 11 is 0. The zero-order chi connectivity index (χ0) is 38.9. The number of phosphoric ester groups is 1. The van der Waals surface area contributed by atoms with Gasteiger partial charge in [-0.1, -0.05) is 139 Å². The molecular formula is C43H77O9P. The number of carbonyl (C=O) groups excluding carboxylic acids is 1. The summed E-state index contributed by atoms with van der Waals surface area (Å²) in [6.45, 7) is 3.30. The van der Waals surface area contributed by atoms with E-state index in [2.05, 4.69) is 74.6 Å². The minimum absolute atomic E-state index is 0.0222. The summed E-state index contributed by atoms with van der Waals surface area (Å²) in [5.41, 5.74) is 0. The predicted molar refractivity (Wildman–Crippen MR) is 219 cm³/mol. The van der Waals surface area contributed by atoms with Crippen LogP contribution >= 0.6 is 7.82 Å². The first-order valence-corrected chi connectivity index (χ1v) is 22.3. The Morgan fingerprint density at radius 2 is 1.08 bits per heavy atom. The van der Waals surface area contributed by atoms with Crippen molar-refractivity contribution in [2.45, 2.75) is 174 Å². The molecule has 0 bridgehead atoms. The molecule has 0 aromatic carbocycles. The van der Waals surface area contributed by atoms with Crippen molar-refractivity contribution in [2.24, 2.45) is 0 Å². The molecule has 0 amide bonds. The summed E-state index contributed by atoms with van der Waals surface area (Å²) in [6, 6.07) is 0. The highest BCUT2D eigenvalue weighted by molar-refractivity contribution is 7.47. The highest BCUT2D eigenvalue weighted by Crippen LogP contribution is 2.43. The fourth-order valence-corrected chi connectivity index (χ4v) is 6.07. The molecule has 0 spiro atoms. The molecule has 10 heteroatoms. The standard InChI is InChI=1S/C43H77O9P/c1-3-5-7-9-11-13-15-17-19-21-23-25-27-29-31-33-35-43(46)52-42(40-51-53(47,48)50-38-41(45)37-44)39-49-36-34-32-30-28-26-24-22-20-18-16-14-12-10-8-6-4-2/h6,8,12,14,18-21,24,26,41-42,44-45H,3-5,7,9-11,13,15-17,22-23,25,27-40H2,1-2H3,(H,47,48)/b8-6-,14-12-,20-18-,21-19-,26-24-. The highest BCUT2D eigenvalue weighted by Gasteiger charge is 2.26. The van der Waals surface area contributed by atoms with Crippen LogP contribution in [0.5, 0.6) is 0 Å². The summed E-state index contributed by atoms with van der Waals surface area (Å²) in [4.78, 5) is 22.5. The van der Waals surface area contributed by atoms with Gasteiger partial charge in [0.2, 0.25) is 0 Å². The van der Waals surface area contributed by atoms with Gasteiger partial charge >= 0.3 is 13.8 Å². The van der Waals surface area contributed by atoms with Crippen molar-refractivity contribution < 1.29 is 43.0 Å². The van der Waals surface area contributed by atoms with Crippen molar-refractivity contribution in [1.82, 2.24) is 0 Å². The quantitative estimate of drug-likeness (QED) is 0.0242. The molecular weight excluding hydrogens is 691 g/mol. The normalized spacial score (nSPS) is 14.7. The number of unbranched alkanes of at least 4 members (excludes halogenated alkanes) is 15. The first-order valence-electron chi connectivity index (χ1n) is 20.8. The molecule has 3 atom stereocenters. The highest BCUT2D eigenvalue weighted by atomic mass is 31.2. The predicted octanol–water partition coefficient (Wildman–Crippen LogP) is 11.2. The summed E-state index contributed by atoms with van der Waals surface area (Å²) in [6.07, 6.45) is 44.6. The molecule has 0 fully saturated rings. The Labute approximate surface area is 323 Å². The molecule has 0 aromatic heterocycles. The zero-order valence-electron chi connectivity index (χ0n) is 33.5. The van der Waals surface area contributed by atoms with Gasteiger partial charge in [0.25, 0.3) is 0 Å². The monoisotopic (exact) mass is 769 g/mol. The van der Waals surface area contributed by atoms with E-state index in [9.17, 15) is 19.4 Å². The van der Waals surface area contributed by atoms with E-state index >= 15 is 0 Å². The van der Waals surface area contributed by atoms with Gasteiger partial charge in [0.1, 0.15) is 12.2 Å². The van der Waals surface area contributed by atoms with Crippen molar-refractivity contribution in [3.05, 3.63) is 60.8 Å². The second-order valence-electron chi connectivity index (χ2n) is 13.6. The van der Waals surface area contributed by atoms with E-state index in [1.54, 1.807) is 0 Å². The Morgan fingerprint density at radius 3 is 1.64 bits per heavy atom. The van der Waals surface area contributed by atoms with E-state index in [1.165, 1.54) is 51.4 Å². The topological polar surface area (TPSA) is 132 Å².